The topological polar surface area (TPSA) is 32.3 Å². The summed E-state index contributed by atoms with van der Waals surface area (Å²) in [5, 5.41) is 3.32. The van der Waals surface area contributed by atoms with Crippen molar-refractivity contribution in [1.82, 2.24) is 10.2 Å². The molecular weight excluding hydrogens is 200 g/mol. The van der Waals surface area contributed by atoms with Gasteiger partial charge >= 0.3 is 0 Å². The van der Waals surface area contributed by atoms with Crippen molar-refractivity contribution in [3.05, 3.63) is 0 Å². The van der Waals surface area contributed by atoms with E-state index < -0.39 is 0 Å². The molecule has 0 aromatic heterocycles. The monoisotopic (exact) mass is 226 g/mol. The molecule has 1 aliphatic heterocycles. The summed E-state index contributed by atoms with van der Waals surface area (Å²) in [5.41, 5.74) is 0.0331. The minimum Gasteiger partial charge on any atom is -0.345 e. The first kappa shape index (κ1) is 13.5. The molecule has 0 bridgehead atoms. The van der Waals surface area contributed by atoms with Gasteiger partial charge in [-0.2, -0.15) is 0 Å². The Hall–Kier alpha value is -0.570. The van der Waals surface area contributed by atoms with Crippen molar-refractivity contribution in [2.75, 3.05) is 26.7 Å². The van der Waals surface area contributed by atoms with Crippen LogP contribution in [0.1, 0.15) is 40.5 Å². The van der Waals surface area contributed by atoms with Gasteiger partial charge in [0.15, 0.2) is 0 Å². The van der Waals surface area contributed by atoms with Crippen molar-refractivity contribution in [3.8, 4) is 0 Å². The van der Waals surface area contributed by atoms with Crippen molar-refractivity contribution in [2.45, 2.75) is 40.5 Å². The summed E-state index contributed by atoms with van der Waals surface area (Å²) in [5.74, 6) is 0.315. The number of nitrogens with zero attached hydrogens (tertiary/aromatic N) is 1. The van der Waals surface area contributed by atoms with Gasteiger partial charge in [-0.25, -0.2) is 0 Å². The Morgan fingerprint density at radius 3 is 2.44 bits per heavy atom. The summed E-state index contributed by atoms with van der Waals surface area (Å²) in [7, 11) is 1.93. The molecule has 1 amide bonds. The molecule has 94 valence electrons. The van der Waals surface area contributed by atoms with E-state index in [1.54, 1.807) is 0 Å². The molecule has 0 radical (unpaired) electrons. The van der Waals surface area contributed by atoms with E-state index in [-0.39, 0.29) is 10.8 Å². The summed E-state index contributed by atoms with van der Waals surface area (Å²) in [6.45, 7) is 11.3. The maximum Gasteiger partial charge on any atom is 0.229 e. The maximum absolute atomic E-state index is 12.5. The lowest BCUT2D eigenvalue weighted by atomic mass is 9.82. The zero-order valence-corrected chi connectivity index (χ0v) is 11.4. The zero-order valence-electron chi connectivity index (χ0n) is 11.4. The Morgan fingerprint density at radius 2 is 2.06 bits per heavy atom. The Bertz CT molecular complexity index is 249. The molecule has 3 heteroatoms. The molecule has 1 heterocycles. The van der Waals surface area contributed by atoms with Crippen LogP contribution in [-0.4, -0.2) is 37.5 Å². The van der Waals surface area contributed by atoms with Crippen LogP contribution < -0.4 is 5.32 Å². The third-order valence-electron chi connectivity index (χ3n) is 3.43. The van der Waals surface area contributed by atoms with Gasteiger partial charge in [0.1, 0.15) is 0 Å². The highest BCUT2D eigenvalue weighted by atomic mass is 16.2. The molecule has 3 nitrogen and oxygen atoms in total. The van der Waals surface area contributed by atoms with Gasteiger partial charge in [0.25, 0.3) is 0 Å². The summed E-state index contributed by atoms with van der Waals surface area (Å²) in [6, 6.07) is 0. The van der Waals surface area contributed by atoms with Gasteiger partial charge in [-0.15, -0.1) is 0 Å². The quantitative estimate of drug-likeness (QED) is 0.797. The second-order valence-electron chi connectivity index (χ2n) is 6.28. The average molecular weight is 226 g/mol. The number of nitrogens with one attached hydrogen (secondary N) is 1. The van der Waals surface area contributed by atoms with Crippen molar-refractivity contribution < 1.29 is 4.79 Å². The van der Waals surface area contributed by atoms with E-state index in [0.717, 1.165) is 32.5 Å². The van der Waals surface area contributed by atoms with E-state index in [1.165, 1.54) is 0 Å². The maximum atomic E-state index is 12.5. The predicted octanol–water partition coefficient (Wildman–Crippen LogP) is 1.88. The summed E-state index contributed by atoms with van der Waals surface area (Å²) < 4.78 is 0. The van der Waals surface area contributed by atoms with Crippen LogP contribution in [0.4, 0.5) is 0 Å². The van der Waals surface area contributed by atoms with Crippen molar-refractivity contribution in [2.24, 2.45) is 10.8 Å². The summed E-state index contributed by atoms with van der Waals surface area (Å²) in [6.07, 6.45) is 1.92. The zero-order chi connectivity index (χ0) is 12.4. The minimum atomic E-state index is -0.139. The normalized spacial score (nSPS) is 25.8. The Balaban J connectivity index is 2.68. The number of amides is 1. The Labute approximate surface area is 99.6 Å². The highest BCUT2D eigenvalue weighted by Gasteiger charge is 2.41. The van der Waals surface area contributed by atoms with Crippen LogP contribution >= 0.6 is 0 Å². The molecule has 0 aromatic carbocycles. The van der Waals surface area contributed by atoms with Crippen LogP contribution in [0.5, 0.6) is 0 Å². The lowest BCUT2D eigenvalue weighted by molar-refractivity contribution is -0.141. The van der Waals surface area contributed by atoms with Gasteiger partial charge in [-0.05, 0) is 24.8 Å². The van der Waals surface area contributed by atoms with Crippen LogP contribution in [0.15, 0.2) is 0 Å². The van der Waals surface area contributed by atoms with Crippen LogP contribution in [0, 0.1) is 10.8 Å². The van der Waals surface area contributed by atoms with Crippen LogP contribution in [-0.2, 0) is 4.79 Å². The second kappa shape index (κ2) is 4.74. The second-order valence-corrected chi connectivity index (χ2v) is 6.28. The van der Waals surface area contributed by atoms with Crippen LogP contribution in [0.25, 0.3) is 0 Å². The van der Waals surface area contributed by atoms with Crippen LogP contribution in [0.3, 0.4) is 0 Å². The molecule has 1 N–H and O–H groups in total. The molecule has 1 rings (SSSR count). The molecule has 1 aliphatic rings. The van der Waals surface area contributed by atoms with Crippen molar-refractivity contribution in [3.63, 3.8) is 0 Å². The minimum absolute atomic E-state index is 0.139. The van der Waals surface area contributed by atoms with Gasteiger partial charge in [-0.1, -0.05) is 27.7 Å². The molecule has 1 unspecified atom stereocenters. The average Bonchev–Trinajstić information content (AvgIpc) is 2.63. The summed E-state index contributed by atoms with van der Waals surface area (Å²) >= 11 is 0. The van der Waals surface area contributed by atoms with Crippen molar-refractivity contribution in [1.29, 1.82) is 0 Å². The van der Waals surface area contributed by atoms with E-state index in [9.17, 15) is 4.79 Å². The molecule has 16 heavy (non-hydrogen) atoms. The smallest absolute Gasteiger partial charge is 0.229 e. The number of carbonyl (C=O) groups excluding carboxylic acids is 1. The molecule has 1 saturated heterocycles. The van der Waals surface area contributed by atoms with E-state index in [1.807, 2.05) is 11.9 Å². The number of rotatable bonds is 3. The lowest BCUT2D eigenvalue weighted by Crippen LogP contribution is -2.45. The molecular formula is C13H26N2O. The molecule has 0 aliphatic carbocycles. The van der Waals surface area contributed by atoms with E-state index >= 15 is 0 Å². The molecule has 1 atom stereocenters. The standard InChI is InChI=1S/C13H26N2O/c1-6-13(7-8-14-9-13)11(16)15(5)10-12(2,3)4/h14H,6-10H2,1-5H3. The van der Waals surface area contributed by atoms with E-state index in [2.05, 4.69) is 33.0 Å². The van der Waals surface area contributed by atoms with Gasteiger partial charge in [0.2, 0.25) is 5.91 Å². The molecule has 0 spiro atoms. The van der Waals surface area contributed by atoms with Crippen LogP contribution in [0.2, 0.25) is 0 Å². The first-order valence-corrected chi connectivity index (χ1v) is 6.27. The fourth-order valence-corrected chi connectivity index (χ4v) is 2.57. The first-order chi connectivity index (χ1) is 7.31. The fourth-order valence-electron chi connectivity index (χ4n) is 2.57. The third-order valence-corrected chi connectivity index (χ3v) is 3.43. The highest BCUT2D eigenvalue weighted by molar-refractivity contribution is 5.83. The largest absolute Gasteiger partial charge is 0.345 e. The van der Waals surface area contributed by atoms with Gasteiger partial charge in [-0.3, -0.25) is 4.79 Å². The lowest BCUT2D eigenvalue weighted by Gasteiger charge is -2.34. The Kier molecular flexibility index (Phi) is 4.00. The summed E-state index contributed by atoms with van der Waals surface area (Å²) in [4.78, 5) is 14.4. The van der Waals surface area contributed by atoms with Crippen molar-refractivity contribution >= 4 is 5.91 Å². The van der Waals surface area contributed by atoms with Gasteiger partial charge < -0.3 is 10.2 Å². The fraction of sp³-hybridized carbons (Fsp3) is 0.923. The third kappa shape index (κ3) is 2.97. The molecule has 1 fully saturated rings. The number of carbonyl (C=O) groups is 1. The molecule has 0 aromatic rings. The number of hydrogen-bond donors (Lipinski definition) is 1. The SMILES string of the molecule is CCC1(C(=O)N(C)CC(C)(C)C)CCNC1. The first-order valence-electron chi connectivity index (χ1n) is 6.27. The molecule has 0 saturated carbocycles. The predicted molar refractivity (Wildman–Crippen MR) is 67.3 cm³/mol. The van der Waals surface area contributed by atoms with Gasteiger partial charge in [0.05, 0.1) is 5.41 Å². The number of hydrogen-bond acceptors (Lipinski definition) is 2. The van der Waals surface area contributed by atoms with E-state index in [0.29, 0.717) is 5.91 Å². The van der Waals surface area contributed by atoms with Gasteiger partial charge in [0, 0.05) is 20.1 Å². The Morgan fingerprint density at radius 1 is 1.44 bits per heavy atom. The van der Waals surface area contributed by atoms with E-state index in [4.69, 9.17) is 0 Å². The highest BCUT2D eigenvalue weighted by Crippen LogP contribution is 2.32.